The molecular formula is C20H23N3O3S3. The first-order valence-electron chi connectivity index (χ1n) is 9.57. The minimum atomic E-state index is -3.06. The van der Waals surface area contributed by atoms with Gasteiger partial charge in [-0.1, -0.05) is 30.0 Å². The third-order valence-electron chi connectivity index (χ3n) is 5.14. The normalized spacial score (nSPS) is 18.3. The molecule has 1 fully saturated rings. The smallest absolute Gasteiger partial charge is 0.233 e. The lowest BCUT2D eigenvalue weighted by molar-refractivity contribution is -0.130. The number of imidazole rings is 1. The summed E-state index contributed by atoms with van der Waals surface area (Å²) in [6, 6.07) is 11.6. The fraction of sp³-hybridized carbons (Fsp3) is 0.400. The standard InChI is InChI=1S/C20H23N3O3S3/c1-2-22-18-8-4-3-7-17(18)21-20(22)28-13-19(24)23(12-16-6-5-10-27-16)15-9-11-29(25,26)14-15/h3-8,10,15H,2,9,11-14H2,1H3/t15-/m1/s1. The number of hydrogen-bond donors (Lipinski definition) is 0. The highest BCUT2D eigenvalue weighted by molar-refractivity contribution is 7.99. The van der Waals surface area contributed by atoms with E-state index >= 15 is 0 Å². The number of aromatic nitrogens is 2. The maximum atomic E-state index is 13.1. The van der Waals surface area contributed by atoms with E-state index in [1.807, 2.05) is 41.8 Å². The van der Waals surface area contributed by atoms with Gasteiger partial charge in [0.25, 0.3) is 0 Å². The van der Waals surface area contributed by atoms with Gasteiger partial charge in [-0.3, -0.25) is 4.79 Å². The van der Waals surface area contributed by atoms with E-state index in [0.29, 0.717) is 13.0 Å². The number of para-hydroxylation sites is 2. The van der Waals surface area contributed by atoms with Crippen molar-refractivity contribution in [2.24, 2.45) is 0 Å². The topological polar surface area (TPSA) is 72.3 Å². The quantitative estimate of drug-likeness (QED) is 0.517. The van der Waals surface area contributed by atoms with Gasteiger partial charge in [0.2, 0.25) is 5.91 Å². The molecule has 0 bridgehead atoms. The molecule has 154 valence electrons. The molecule has 0 radical (unpaired) electrons. The van der Waals surface area contributed by atoms with Crippen LogP contribution in [-0.4, -0.2) is 52.1 Å². The van der Waals surface area contributed by atoms with Crippen molar-refractivity contribution in [3.63, 3.8) is 0 Å². The van der Waals surface area contributed by atoms with Crippen LogP contribution in [0.2, 0.25) is 0 Å². The number of amides is 1. The second-order valence-electron chi connectivity index (χ2n) is 7.07. The number of nitrogens with zero attached hydrogens (tertiary/aromatic N) is 3. The average Bonchev–Trinajstić information content (AvgIpc) is 3.42. The number of carbonyl (C=O) groups excluding carboxylic acids is 1. The number of benzene rings is 1. The third-order valence-corrected chi connectivity index (χ3v) is 8.71. The van der Waals surface area contributed by atoms with E-state index in [9.17, 15) is 13.2 Å². The van der Waals surface area contributed by atoms with Gasteiger partial charge in [-0.05, 0) is 36.9 Å². The molecule has 9 heteroatoms. The van der Waals surface area contributed by atoms with Gasteiger partial charge in [-0.2, -0.15) is 0 Å². The molecule has 0 unspecified atom stereocenters. The molecule has 3 aromatic rings. The Hall–Kier alpha value is -1.84. The van der Waals surface area contributed by atoms with Crippen molar-refractivity contribution in [1.29, 1.82) is 0 Å². The van der Waals surface area contributed by atoms with Crippen LogP contribution < -0.4 is 0 Å². The van der Waals surface area contributed by atoms with E-state index in [2.05, 4.69) is 16.5 Å². The van der Waals surface area contributed by atoms with Crippen molar-refractivity contribution < 1.29 is 13.2 Å². The highest BCUT2D eigenvalue weighted by atomic mass is 32.2. The first kappa shape index (κ1) is 20.4. The maximum Gasteiger partial charge on any atom is 0.233 e. The molecular weight excluding hydrogens is 426 g/mol. The lowest BCUT2D eigenvalue weighted by Crippen LogP contribution is -2.41. The molecule has 0 aliphatic carbocycles. The summed E-state index contributed by atoms with van der Waals surface area (Å²) in [6.45, 7) is 3.30. The van der Waals surface area contributed by atoms with Crippen molar-refractivity contribution in [3.8, 4) is 0 Å². The Morgan fingerprint density at radius 1 is 1.31 bits per heavy atom. The summed E-state index contributed by atoms with van der Waals surface area (Å²) >= 11 is 3.00. The Kier molecular flexibility index (Phi) is 5.98. The lowest BCUT2D eigenvalue weighted by Gasteiger charge is -2.27. The molecule has 0 N–H and O–H groups in total. The van der Waals surface area contributed by atoms with Crippen LogP contribution in [0.5, 0.6) is 0 Å². The van der Waals surface area contributed by atoms with Gasteiger partial charge in [0.1, 0.15) is 0 Å². The first-order chi connectivity index (χ1) is 14.0. The second kappa shape index (κ2) is 8.49. The highest BCUT2D eigenvalue weighted by Crippen LogP contribution is 2.27. The Morgan fingerprint density at radius 2 is 2.14 bits per heavy atom. The van der Waals surface area contributed by atoms with Gasteiger partial charge >= 0.3 is 0 Å². The van der Waals surface area contributed by atoms with Gasteiger partial charge in [0.05, 0.1) is 34.8 Å². The molecule has 0 saturated carbocycles. The molecule has 2 aromatic heterocycles. The molecule has 1 aliphatic rings. The number of fused-ring (bicyclic) bond motifs is 1. The van der Waals surface area contributed by atoms with Crippen LogP contribution in [-0.2, 0) is 27.7 Å². The molecule has 0 spiro atoms. The Labute approximate surface area is 178 Å². The number of rotatable bonds is 7. The summed E-state index contributed by atoms with van der Waals surface area (Å²) in [6.07, 6.45) is 0.511. The minimum absolute atomic E-state index is 0.0415. The van der Waals surface area contributed by atoms with E-state index in [1.165, 1.54) is 11.8 Å². The molecule has 29 heavy (non-hydrogen) atoms. The predicted octanol–water partition coefficient (Wildman–Crippen LogP) is 3.43. The molecule has 1 saturated heterocycles. The number of sulfone groups is 1. The Balaban J connectivity index is 1.52. The van der Waals surface area contributed by atoms with Crippen LogP contribution in [0, 0.1) is 0 Å². The zero-order chi connectivity index (χ0) is 20.4. The van der Waals surface area contributed by atoms with Crippen LogP contribution in [0.1, 0.15) is 18.2 Å². The van der Waals surface area contributed by atoms with Crippen molar-refractivity contribution in [2.75, 3.05) is 17.3 Å². The number of hydrogen-bond acceptors (Lipinski definition) is 6. The van der Waals surface area contributed by atoms with Crippen molar-refractivity contribution in [1.82, 2.24) is 14.5 Å². The van der Waals surface area contributed by atoms with Crippen LogP contribution in [0.3, 0.4) is 0 Å². The van der Waals surface area contributed by atoms with Crippen LogP contribution in [0.25, 0.3) is 11.0 Å². The molecule has 1 aliphatic heterocycles. The van der Waals surface area contributed by atoms with Crippen molar-refractivity contribution >= 4 is 49.9 Å². The van der Waals surface area contributed by atoms with Gasteiger partial charge < -0.3 is 9.47 Å². The van der Waals surface area contributed by atoms with Crippen LogP contribution >= 0.6 is 23.1 Å². The van der Waals surface area contributed by atoms with E-state index in [4.69, 9.17) is 0 Å². The highest BCUT2D eigenvalue weighted by Gasteiger charge is 2.34. The Bertz CT molecular complexity index is 1110. The zero-order valence-electron chi connectivity index (χ0n) is 16.2. The molecule has 1 aromatic carbocycles. The first-order valence-corrected chi connectivity index (χ1v) is 13.3. The number of thioether (sulfide) groups is 1. The van der Waals surface area contributed by atoms with E-state index in [1.54, 1.807) is 16.2 Å². The van der Waals surface area contributed by atoms with Gasteiger partial charge in [-0.15, -0.1) is 11.3 Å². The summed E-state index contributed by atoms with van der Waals surface area (Å²) in [7, 11) is -3.06. The molecule has 1 amide bonds. The van der Waals surface area contributed by atoms with Gasteiger partial charge in [0.15, 0.2) is 15.0 Å². The molecule has 3 heterocycles. The summed E-state index contributed by atoms with van der Waals surface area (Å²) in [4.78, 5) is 20.6. The fourth-order valence-corrected chi connectivity index (χ4v) is 7.09. The second-order valence-corrected chi connectivity index (χ2v) is 11.3. The number of carbonyl (C=O) groups is 1. The number of thiophene rings is 1. The number of aryl methyl sites for hydroxylation is 1. The monoisotopic (exact) mass is 449 g/mol. The van der Waals surface area contributed by atoms with Gasteiger partial charge in [0, 0.05) is 17.5 Å². The summed E-state index contributed by atoms with van der Waals surface area (Å²) in [5.41, 5.74) is 1.98. The summed E-state index contributed by atoms with van der Waals surface area (Å²) in [5, 5.41) is 2.79. The molecule has 4 rings (SSSR count). The third kappa shape index (κ3) is 4.51. The largest absolute Gasteiger partial charge is 0.333 e. The molecule has 1 atom stereocenters. The summed E-state index contributed by atoms with van der Waals surface area (Å²) in [5.74, 6) is 0.415. The predicted molar refractivity (Wildman–Crippen MR) is 118 cm³/mol. The van der Waals surface area contributed by atoms with Crippen LogP contribution in [0.4, 0.5) is 0 Å². The Morgan fingerprint density at radius 3 is 2.83 bits per heavy atom. The van der Waals surface area contributed by atoms with Crippen LogP contribution in [0.15, 0.2) is 46.9 Å². The minimum Gasteiger partial charge on any atom is -0.333 e. The van der Waals surface area contributed by atoms with E-state index in [0.717, 1.165) is 27.6 Å². The average molecular weight is 450 g/mol. The zero-order valence-corrected chi connectivity index (χ0v) is 18.6. The van der Waals surface area contributed by atoms with Gasteiger partial charge in [-0.25, -0.2) is 13.4 Å². The SMILES string of the molecule is CCn1c(SCC(=O)N(Cc2cccs2)[C@@H]2CCS(=O)(=O)C2)nc2ccccc21. The fourth-order valence-electron chi connectivity index (χ4n) is 3.69. The van der Waals surface area contributed by atoms with E-state index < -0.39 is 9.84 Å². The maximum absolute atomic E-state index is 13.1. The lowest BCUT2D eigenvalue weighted by atomic mass is 10.2. The van der Waals surface area contributed by atoms with Crippen molar-refractivity contribution in [3.05, 3.63) is 46.7 Å². The van der Waals surface area contributed by atoms with E-state index in [-0.39, 0.29) is 29.2 Å². The summed E-state index contributed by atoms with van der Waals surface area (Å²) < 4.78 is 26.1. The molecule has 6 nitrogen and oxygen atoms in total. The van der Waals surface area contributed by atoms with Crippen molar-refractivity contribution in [2.45, 2.75) is 37.6 Å².